The van der Waals surface area contributed by atoms with E-state index in [-0.39, 0.29) is 10.8 Å². The molecule has 0 aliphatic carbocycles. The van der Waals surface area contributed by atoms with Gasteiger partial charge in [-0.05, 0) is 60.0 Å². The molecule has 3 aromatic rings. The van der Waals surface area contributed by atoms with E-state index in [1.165, 1.54) is 4.31 Å². The standard InChI is InChI=1S/C17H16BrN3O4S/c1-11-4-6-12(7-5-11)26(22,23)21-10-2-3-13(21)17-19-16(20-25-17)14-8-9-15(18)24-14/h4-9,13H,2-3,10H2,1H3/t13-/m0/s1. The third-order valence-electron chi connectivity index (χ3n) is 4.35. The van der Waals surface area contributed by atoms with Crippen molar-refractivity contribution in [3.63, 3.8) is 0 Å². The molecule has 1 aliphatic rings. The van der Waals surface area contributed by atoms with Crippen LogP contribution >= 0.6 is 15.9 Å². The Morgan fingerprint density at radius 3 is 2.65 bits per heavy atom. The van der Waals surface area contributed by atoms with E-state index in [2.05, 4.69) is 26.1 Å². The van der Waals surface area contributed by atoms with Gasteiger partial charge >= 0.3 is 0 Å². The predicted molar refractivity (Wildman–Crippen MR) is 96.7 cm³/mol. The zero-order valence-electron chi connectivity index (χ0n) is 13.9. The van der Waals surface area contributed by atoms with Crippen LogP contribution in [0.4, 0.5) is 0 Å². The summed E-state index contributed by atoms with van der Waals surface area (Å²) in [6.45, 7) is 2.34. The molecule has 9 heteroatoms. The lowest BCUT2D eigenvalue weighted by atomic mass is 10.2. The number of aryl methyl sites for hydroxylation is 1. The van der Waals surface area contributed by atoms with Crippen LogP contribution in [-0.4, -0.2) is 29.4 Å². The van der Waals surface area contributed by atoms with Crippen LogP contribution in [0.15, 0.2) is 54.9 Å². The minimum Gasteiger partial charge on any atom is -0.446 e. The van der Waals surface area contributed by atoms with Gasteiger partial charge in [-0.2, -0.15) is 9.29 Å². The highest BCUT2D eigenvalue weighted by Gasteiger charge is 2.39. The highest BCUT2D eigenvalue weighted by molar-refractivity contribution is 9.10. The summed E-state index contributed by atoms with van der Waals surface area (Å²) in [7, 11) is -3.63. The summed E-state index contributed by atoms with van der Waals surface area (Å²) in [6.07, 6.45) is 1.37. The maximum Gasteiger partial charge on any atom is 0.245 e. The van der Waals surface area contributed by atoms with Gasteiger partial charge in [0, 0.05) is 6.54 Å². The Balaban J connectivity index is 1.64. The Labute approximate surface area is 159 Å². The van der Waals surface area contributed by atoms with Gasteiger partial charge in [-0.25, -0.2) is 8.42 Å². The largest absolute Gasteiger partial charge is 0.446 e. The van der Waals surface area contributed by atoms with Crippen LogP contribution in [0.2, 0.25) is 0 Å². The highest BCUT2D eigenvalue weighted by Crippen LogP contribution is 2.36. The third-order valence-corrected chi connectivity index (χ3v) is 6.70. The number of benzene rings is 1. The minimum absolute atomic E-state index is 0.268. The van der Waals surface area contributed by atoms with Crippen molar-refractivity contribution in [2.45, 2.75) is 30.7 Å². The van der Waals surface area contributed by atoms with Gasteiger partial charge in [-0.15, -0.1) is 0 Å². The van der Waals surface area contributed by atoms with Gasteiger partial charge in [0.2, 0.25) is 21.7 Å². The SMILES string of the molecule is Cc1ccc(S(=O)(=O)N2CCC[C@H]2c2nc(-c3ccc(Br)o3)no2)cc1. The molecule has 7 nitrogen and oxygen atoms in total. The number of aromatic nitrogens is 2. The van der Waals surface area contributed by atoms with Gasteiger partial charge in [0.05, 0.1) is 4.90 Å². The molecule has 4 rings (SSSR count). The molecule has 1 saturated heterocycles. The molecule has 0 radical (unpaired) electrons. The molecule has 26 heavy (non-hydrogen) atoms. The van der Waals surface area contributed by atoms with E-state index in [4.69, 9.17) is 8.94 Å². The lowest BCUT2D eigenvalue weighted by molar-refractivity contribution is 0.290. The molecule has 1 fully saturated rings. The van der Waals surface area contributed by atoms with E-state index in [0.717, 1.165) is 12.0 Å². The number of furan rings is 1. The molecule has 136 valence electrons. The maximum absolute atomic E-state index is 13.0. The Kier molecular flexibility index (Phi) is 4.45. The number of rotatable bonds is 4. The van der Waals surface area contributed by atoms with Gasteiger partial charge in [-0.1, -0.05) is 22.9 Å². The second-order valence-corrected chi connectivity index (χ2v) is 8.82. The molecule has 0 saturated carbocycles. The maximum atomic E-state index is 13.0. The second kappa shape index (κ2) is 6.64. The average molecular weight is 438 g/mol. The van der Waals surface area contributed by atoms with Crippen LogP contribution in [0.1, 0.15) is 30.3 Å². The summed E-state index contributed by atoms with van der Waals surface area (Å²) in [5.74, 6) is 1.03. The molecule has 2 aromatic heterocycles. The van der Waals surface area contributed by atoms with E-state index < -0.39 is 16.1 Å². The van der Waals surface area contributed by atoms with Gasteiger partial charge in [0.15, 0.2) is 10.4 Å². The van der Waals surface area contributed by atoms with E-state index >= 15 is 0 Å². The van der Waals surface area contributed by atoms with Crippen molar-refractivity contribution >= 4 is 26.0 Å². The monoisotopic (exact) mass is 437 g/mol. The molecule has 0 N–H and O–H groups in total. The second-order valence-electron chi connectivity index (χ2n) is 6.15. The first kappa shape index (κ1) is 17.4. The Morgan fingerprint density at radius 1 is 1.19 bits per heavy atom. The lowest BCUT2D eigenvalue weighted by Gasteiger charge is -2.21. The summed E-state index contributed by atoms with van der Waals surface area (Å²) in [4.78, 5) is 4.62. The topological polar surface area (TPSA) is 89.4 Å². The van der Waals surface area contributed by atoms with E-state index in [1.54, 1.807) is 36.4 Å². The predicted octanol–water partition coefficient (Wildman–Crippen LogP) is 3.93. The first-order valence-corrected chi connectivity index (χ1v) is 10.4. The fourth-order valence-electron chi connectivity index (χ4n) is 3.03. The van der Waals surface area contributed by atoms with Crippen molar-refractivity contribution in [2.75, 3.05) is 6.54 Å². The van der Waals surface area contributed by atoms with Crippen LogP contribution in [0.3, 0.4) is 0 Å². The van der Waals surface area contributed by atoms with Crippen molar-refractivity contribution in [1.29, 1.82) is 0 Å². The smallest absolute Gasteiger partial charge is 0.245 e. The molecule has 0 amide bonds. The summed E-state index contributed by atoms with van der Waals surface area (Å²) in [5, 5.41) is 3.92. The van der Waals surface area contributed by atoms with Crippen LogP contribution in [-0.2, 0) is 10.0 Å². The summed E-state index contributed by atoms with van der Waals surface area (Å²) >= 11 is 3.23. The van der Waals surface area contributed by atoms with Crippen molar-refractivity contribution in [2.24, 2.45) is 0 Å². The number of hydrogen-bond acceptors (Lipinski definition) is 6. The van der Waals surface area contributed by atoms with Gasteiger partial charge in [0.25, 0.3) is 0 Å². The normalized spacial score (nSPS) is 18.5. The Bertz CT molecular complexity index is 1030. The molecule has 0 bridgehead atoms. The molecule has 1 aliphatic heterocycles. The first-order chi connectivity index (χ1) is 12.4. The van der Waals surface area contributed by atoms with Gasteiger partial charge < -0.3 is 8.94 Å². The molecule has 0 spiro atoms. The van der Waals surface area contributed by atoms with Crippen molar-refractivity contribution in [3.05, 3.63) is 52.5 Å². The number of nitrogens with zero attached hydrogens (tertiary/aromatic N) is 3. The quantitative estimate of drug-likeness (QED) is 0.614. The Hall–Kier alpha value is -1.97. The molecule has 1 aromatic carbocycles. The molecule has 3 heterocycles. The number of hydrogen-bond donors (Lipinski definition) is 0. The summed E-state index contributed by atoms with van der Waals surface area (Å²) < 4.78 is 38.8. The summed E-state index contributed by atoms with van der Waals surface area (Å²) in [5.41, 5.74) is 1.01. The van der Waals surface area contributed by atoms with Crippen LogP contribution < -0.4 is 0 Å². The average Bonchev–Trinajstić information content (AvgIpc) is 3.34. The van der Waals surface area contributed by atoms with Crippen molar-refractivity contribution < 1.29 is 17.4 Å². The molecule has 1 atom stereocenters. The minimum atomic E-state index is -3.63. The van der Waals surface area contributed by atoms with Crippen LogP contribution in [0.5, 0.6) is 0 Å². The van der Waals surface area contributed by atoms with E-state index in [0.29, 0.717) is 29.2 Å². The highest BCUT2D eigenvalue weighted by atomic mass is 79.9. The van der Waals surface area contributed by atoms with Gasteiger partial charge in [-0.3, -0.25) is 0 Å². The van der Waals surface area contributed by atoms with E-state index in [1.807, 2.05) is 6.92 Å². The lowest BCUT2D eigenvalue weighted by Crippen LogP contribution is -2.30. The fourth-order valence-corrected chi connectivity index (χ4v) is 4.98. The number of sulfonamides is 1. The van der Waals surface area contributed by atoms with E-state index in [9.17, 15) is 8.42 Å². The van der Waals surface area contributed by atoms with Crippen molar-refractivity contribution in [1.82, 2.24) is 14.4 Å². The zero-order valence-corrected chi connectivity index (χ0v) is 16.3. The fraction of sp³-hybridized carbons (Fsp3) is 0.294. The Morgan fingerprint density at radius 2 is 1.96 bits per heavy atom. The zero-order chi connectivity index (χ0) is 18.3. The first-order valence-electron chi connectivity index (χ1n) is 8.13. The molecular formula is C17H16BrN3O4S. The third kappa shape index (κ3) is 3.10. The summed E-state index contributed by atoms with van der Waals surface area (Å²) in [6, 6.07) is 9.80. The van der Waals surface area contributed by atoms with Crippen LogP contribution in [0, 0.1) is 6.92 Å². The molecular weight excluding hydrogens is 422 g/mol. The van der Waals surface area contributed by atoms with Gasteiger partial charge in [0.1, 0.15) is 6.04 Å². The number of halogens is 1. The molecule has 0 unspecified atom stereocenters. The van der Waals surface area contributed by atoms with Crippen LogP contribution in [0.25, 0.3) is 11.6 Å². The van der Waals surface area contributed by atoms with Crippen molar-refractivity contribution in [3.8, 4) is 11.6 Å².